The largest absolute Gasteiger partial charge is 0.504 e. The average Bonchev–Trinajstić information content (AvgIpc) is 2.51. The number of phenols is 2. The number of benzene rings is 1. The van der Waals surface area contributed by atoms with Crippen molar-refractivity contribution in [1.29, 1.82) is 0 Å². The van der Waals surface area contributed by atoms with Crippen LogP contribution >= 0.6 is 12.2 Å². The highest BCUT2D eigenvalue weighted by Gasteiger charge is 2.24. The predicted molar refractivity (Wildman–Crippen MR) is 88.3 cm³/mol. The molecule has 0 amide bonds. The number of carboxylic acids is 1. The van der Waals surface area contributed by atoms with Gasteiger partial charge < -0.3 is 20.4 Å². The first kappa shape index (κ1) is 17.5. The fourth-order valence-electron chi connectivity index (χ4n) is 2.45. The summed E-state index contributed by atoms with van der Waals surface area (Å²) in [7, 11) is 0. The Balaban J connectivity index is 3.03. The Morgan fingerprint density at radius 3 is 2.12 bits per heavy atom. The van der Waals surface area contributed by atoms with Crippen molar-refractivity contribution in [3.63, 3.8) is 0 Å². The molecule has 1 heterocycles. The molecule has 0 aliphatic heterocycles. The molecule has 0 radical (unpaired) electrons. The molecule has 2 aromatic rings. The highest BCUT2D eigenvalue weighted by Crippen LogP contribution is 2.36. The van der Waals surface area contributed by atoms with E-state index >= 15 is 0 Å². The van der Waals surface area contributed by atoms with Crippen molar-refractivity contribution in [1.82, 2.24) is 9.13 Å². The highest BCUT2D eigenvalue weighted by molar-refractivity contribution is 7.71. The van der Waals surface area contributed by atoms with Gasteiger partial charge in [-0.3, -0.25) is 13.9 Å². The van der Waals surface area contributed by atoms with Crippen LogP contribution < -0.4 is 5.56 Å². The lowest BCUT2D eigenvalue weighted by Crippen LogP contribution is -2.26. The van der Waals surface area contributed by atoms with Gasteiger partial charge in [-0.2, -0.15) is 0 Å². The first-order valence-corrected chi connectivity index (χ1v) is 7.51. The molecule has 1 aromatic carbocycles. The summed E-state index contributed by atoms with van der Waals surface area (Å²) in [6.45, 7) is 3.86. The van der Waals surface area contributed by atoms with Crippen LogP contribution in [0, 0.1) is 4.77 Å². The number of rotatable bonds is 4. The lowest BCUT2D eigenvalue weighted by atomic mass is 10.00. The standard InChI is InChI=1S/C15H16N2O6S/c1-3-16-12(20)11(13(21)17(4-2)15(16)24)7-5-9(18)10(19)6-8(7)14(22)23/h5-6,18-20H,3-4H2,1-2H3,(H,22,23). The van der Waals surface area contributed by atoms with Gasteiger partial charge in [0.15, 0.2) is 16.3 Å². The number of phenolic OH excluding ortho intramolecular Hbond substituents is 2. The molecule has 2 rings (SSSR count). The molecule has 0 unspecified atom stereocenters. The van der Waals surface area contributed by atoms with Crippen molar-refractivity contribution in [3.8, 4) is 28.5 Å². The summed E-state index contributed by atoms with van der Waals surface area (Å²) in [6.07, 6.45) is 0. The van der Waals surface area contributed by atoms with Crippen LogP contribution in [-0.4, -0.2) is 35.5 Å². The van der Waals surface area contributed by atoms with Gasteiger partial charge >= 0.3 is 5.97 Å². The molecule has 0 fully saturated rings. The van der Waals surface area contributed by atoms with Crippen LogP contribution in [0.2, 0.25) is 0 Å². The molecule has 8 nitrogen and oxygen atoms in total. The zero-order valence-electron chi connectivity index (χ0n) is 13.0. The third-order valence-corrected chi connectivity index (χ3v) is 4.09. The summed E-state index contributed by atoms with van der Waals surface area (Å²) in [5.41, 5.74) is -1.63. The summed E-state index contributed by atoms with van der Waals surface area (Å²) in [5, 5.41) is 39.0. The van der Waals surface area contributed by atoms with Crippen molar-refractivity contribution >= 4 is 18.2 Å². The van der Waals surface area contributed by atoms with Gasteiger partial charge in [-0.05, 0) is 38.2 Å². The molecule has 0 bridgehead atoms. The number of nitrogens with zero attached hydrogens (tertiary/aromatic N) is 2. The van der Waals surface area contributed by atoms with E-state index in [0.29, 0.717) is 0 Å². The van der Waals surface area contributed by atoms with Crippen molar-refractivity contribution in [3.05, 3.63) is 32.8 Å². The van der Waals surface area contributed by atoms with E-state index in [2.05, 4.69) is 0 Å². The van der Waals surface area contributed by atoms with Crippen LogP contribution in [0.1, 0.15) is 24.2 Å². The predicted octanol–water partition coefficient (Wildman–Crippen LogP) is 1.90. The van der Waals surface area contributed by atoms with Crippen molar-refractivity contribution in [2.75, 3.05) is 0 Å². The number of hydrogen-bond donors (Lipinski definition) is 4. The van der Waals surface area contributed by atoms with E-state index in [-0.39, 0.29) is 29.0 Å². The second-order valence-electron chi connectivity index (χ2n) is 4.97. The summed E-state index contributed by atoms with van der Waals surface area (Å²) in [4.78, 5) is 24.1. The van der Waals surface area contributed by atoms with Crippen molar-refractivity contribution in [2.24, 2.45) is 0 Å². The topological polar surface area (TPSA) is 125 Å². The van der Waals surface area contributed by atoms with Crippen molar-refractivity contribution < 1.29 is 25.2 Å². The highest BCUT2D eigenvalue weighted by atomic mass is 32.1. The number of aromatic hydroxyl groups is 3. The van der Waals surface area contributed by atoms with Gasteiger partial charge in [0.2, 0.25) is 5.88 Å². The number of aromatic carboxylic acids is 1. The van der Waals surface area contributed by atoms with Gasteiger partial charge in [0.1, 0.15) is 5.56 Å². The SMILES string of the molecule is CCn1c(O)c(-c2cc(O)c(O)cc2C(=O)O)c(=O)n(CC)c1=S. The molecular formula is C15H16N2O6S. The third kappa shape index (κ3) is 2.62. The molecule has 0 saturated heterocycles. The van der Waals surface area contributed by atoms with Crippen LogP contribution in [0.3, 0.4) is 0 Å². The first-order valence-electron chi connectivity index (χ1n) is 7.10. The van der Waals surface area contributed by atoms with E-state index in [9.17, 15) is 30.0 Å². The first-order chi connectivity index (χ1) is 11.2. The summed E-state index contributed by atoms with van der Waals surface area (Å²) >= 11 is 5.17. The molecule has 9 heteroatoms. The quantitative estimate of drug-likeness (QED) is 0.489. The van der Waals surface area contributed by atoms with Gasteiger partial charge in [0, 0.05) is 18.7 Å². The zero-order valence-corrected chi connectivity index (χ0v) is 13.8. The zero-order chi connectivity index (χ0) is 18.2. The monoisotopic (exact) mass is 352 g/mol. The average molecular weight is 352 g/mol. The Labute approximate surface area is 141 Å². The minimum absolute atomic E-state index is 0.103. The molecule has 0 atom stereocenters. The Bertz CT molecular complexity index is 944. The molecule has 0 aliphatic rings. The lowest BCUT2D eigenvalue weighted by Gasteiger charge is -2.17. The maximum absolute atomic E-state index is 12.7. The van der Waals surface area contributed by atoms with E-state index in [0.717, 1.165) is 12.1 Å². The Hall–Kier alpha value is -2.81. The van der Waals surface area contributed by atoms with E-state index < -0.39 is 34.5 Å². The van der Waals surface area contributed by atoms with Crippen molar-refractivity contribution in [2.45, 2.75) is 26.9 Å². The summed E-state index contributed by atoms with van der Waals surface area (Å²) in [5.74, 6) is -3.17. The molecule has 0 saturated carbocycles. The number of hydrogen-bond acceptors (Lipinski definition) is 6. The number of carboxylic acid groups (broad SMARTS) is 1. The number of carbonyl (C=O) groups is 1. The van der Waals surface area contributed by atoms with Gasteiger partial charge in [-0.15, -0.1) is 0 Å². The second-order valence-corrected chi connectivity index (χ2v) is 5.33. The van der Waals surface area contributed by atoms with Gasteiger partial charge in [0.25, 0.3) is 5.56 Å². The Morgan fingerprint density at radius 2 is 1.62 bits per heavy atom. The van der Waals surface area contributed by atoms with E-state index in [1.54, 1.807) is 13.8 Å². The fourth-order valence-corrected chi connectivity index (χ4v) is 2.88. The Morgan fingerprint density at radius 1 is 1.08 bits per heavy atom. The van der Waals surface area contributed by atoms with Crippen LogP contribution in [0.5, 0.6) is 17.4 Å². The van der Waals surface area contributed by atoms with Crippen LogP contribution in [0.25, 0.3) is 11.1 Å². The maximum atomic E-state index is 12.7. The van der Waals surface area contributed by atoms with Gasteiger partial charge in [0.05, 0.1) is 5.56 Å². The van der Waals surface area contributed by atoms with Gasteiger partial charge in [-0.1, -0.05) is 0 Å². The fraction of sp³-hybridized carbons (Fsp3) is 0.267. The number of aromatic nitrogens is 2. The normalized spacial score (nSPS) is 10.8. The molecule has 1 aromatic heterocycles. The van der Waals surface area contributed by atoms with Crippen LogP contribution in [0.15, 0.2) is 16.9 Å². The minimum Gasteiger partial charge on any atom is -0.504 e. The molecule has 128 valence electrons. The van der Waals surface area contributed by atoms with Gasteiger partial charge in [-0.25, -0.2) is 4.79 Å². The third-order valence-electron chi connectivity index (χ3n) is 3.65. The van der Waals surface area contributed by atoms with Crippen LogP contribution in [0.4, 0.5) is 0 Å². The minimum atomic E-state index is -1.42. The second kappa shape index (κ2) is 6.36. The molecule has 0 aliphatic carbocycles. The Kier molecular flexibility index (Phi) is 4.65. The summed E-state index contributed by atoms with van der Waals surface area (Å²) < 4.78 is 2.60. The van der Waals surface area contributed by atoms with Crippen LogP contribution in [-0.2, 0) is 13.1 Å². The van der Waals surface area contributed by atoms with E-state index in [4.69, 9.17) is 12.2 Å². The van der Waals surface area contributed by atoms with E-state index in [1.807, 2.05) is 0 Å². The lowest BCUT2D eigenvalue weighted by molar-refractivity contribution is 0.0697. The maximum Gasteiger partial charge on any atom is 0.336 e. The summed E-state index contributed by atoms with van der Waals surface area (Å²) in [6, 6.07) is 1.75. The molecule has 0 spiro atoms. The molecule has 24 heavy (non-hydrogen) atoms. The molecule has 4 N–H and O–H groups in total. The van der Waals surface area contributed by atoms with E-state index in [1.165, 1.54) is 9.13 Å². The smallest absolute Gasteiger partial charge is 0.336 e. The molecular weight excluding hydrogens is 336 g/mol.